The van der Waals surface area contributed by atoms with Crippen molar-refractivity contribution in [3.8, 4) is 11.5 Å². The van der Waals surface area contributed by atoms with Gasteiger partial charge in [0.05, 0.1) is 4.90 Å². The van der Waals surface area contributed by atoms with Gasteiger partial charge in [-0.3, -0.25) is 0 Å². The Balaban J connectivity index is 1.19. The summed E-state index contributed by atoms with van der Waals surface area (Å²) in [6.07, 6.45) is 3.64. The highest BCUT2D eigenvalue weighted by molar-refractivity contribution is 7.89. The molecule has 2 fully saturated rings. The van der Waals surface area contributed by atoms with E-state index in [2.05, 4.69) is 26.9 Å². The molecular formula is C26H31N5O3S. The van der Waals surface area contributed by atoms with Gasteiger partial charge in [-0.1, -0.05) is 18.2 Å². The second-order valence-corrected chi connectivity index (χ2v) is 11.0. The second kappa shape index (κ2) is 10.2. The third-order valence-electron chi connectivity index (χ3n) is 6.74. The Hall–Kier alpha value is -3.17. The number of piperidine rings is 1. The molecule has 2 aliphatic heterocycles. The lowest BCUT2D eigenvalue weighted by molar-refractivity contribution is 0.383. The number of piperazine rings is 1. The normalized spacial score (nSPS) is 19.5. The zero-order valence-electron chi connectivity index (χ0n) is 20.0. The number of benzene rings is 2. The summed E-state index contributed by atoms with van der Waals surface area (Å²) in [6.45, 7) is 5.20. The van der Waals surface area contributed by atoms with Gasteiger partial charge in [-0.05, 0) is 74.7 Å². The van der Waals surface area contributed by atoms with E-state index >= 15 is 0 Å². The van der Waals surface area contributed by atoms with Crippen LogP contribution < -0.4 is 14.5 Å². The molecule has 0 N–H and O–H groups in total. The molecule has 0 bridgehead atoms. The predicted octanol–water partition coefficient (Wildman–Crippen LogP) is 4.16. The summed E-state index contributed by atoms with van der Waals surface area (Å²) in [7, 11) is -3.58. The quantitative estimate of drug-likeness (QED) is 0.510. The van der Waals surface area contributed by atoms with E-state index in [4.69, 9.17) is 4.74 Å². The standard InChI is InChI=1S/C26H31N5O3S/c1-21-7-5-6-16-31(21)26-15-14-25(27-28-26)29-17-19-30(20-18-29)35(32,33)24-12-10-23(11-13-24)34-22-8-3-2-4-9-22/h2-4,8-15,21H,5-7,16-20H2,1H3. The highest BCUT2D eigenvalue weighted by atomic mass is 32.2. The van der Waals surface area contributed by atoms with E-state index in [0.717, 1.165) is 18.2 Å². The first-order valence-electron chi connectivity index (χ1n) is 12.2. The average molecular weight is 494 g/mol. The van der Waals surface area contributed by atoms with Crippen LogP contribution in [0.3, 0.4) is 0 Å². The Bertz CT molecular complexity index is 1210. The summed E-state index contributed by atoms with van der Waals surface area (Å²) in [4.78, 5) is 4.69. The van der Waals surface area contributed by atoms with E-state index in [0.29, 0.717) is 43.7 Å². The van der Waals surface area contributed by atoms with Crippen LogP contribution in [0.15, 0.2) is 71.6 Å². The average Bonchev–Trinajstić information content (AvgIpc) is 2.90. The lowest BCUT2D eigenvalue weighted by Crippen LogP contribution is -2.49. The van der Waals surface area contributed by atoms with Crippen molar-refractivity contribution in [2.75, 3.05) is 42.5 Å². The van der Waals surface area contributed by atoms with Crippen molar-refractivity contribution in [1.82, 2.24) is 14.5 Å². The first-order chi connectivity index (χ1) is 17.0. The highest BCUT2D eigenvalue weighted by Crippen LogP contribution is 2.26. The van der Waals surface area contributed by atoms with Gasteiger partial charge >= 0.3 is 0 Å². The Labute approximate surface area is 207 Å². The number of rotatable bonds is 6. The Morgan fingerprint density at radius 2 is 1.43 bits per heavy atom. The third-order valence-corrected chi connectivity index (χ3v) is 8.65. The smallest absolute Gasteiger partial charge is 0.243 e. The molecule has 0 spiro atoms. The van der Waals surface area contributed by atoms with E-state index in [1.807, 2.05) is 42.5 Å². The molecule has 184 valence electrons. The molecule has 0 amide bonds. The minimum atomic E-state index is -3.58. The molecule has 9 heteroatoms. The molecular weight excluding hydrogens is 462 g/mol. The van der Waals surface area contributed by atoms with Crippen molar-refractivity contribution in [3.63, 3.8) is 0 Å². The fraction of sp³-hybridized carbons (Fsp3) is 0.385. The summed E-state index contributed by atoms with van der Waals surface area (Å²) < 4.78 is 33.7. The molecule has 0 radical (unpaired) electrons. The van der Waals surface area contributed by atoms with Gasteiger partial charge in [-0.25, -0.2) is 8.42 Å². The monoisotopic (exact) mass is 493 g/mol. The molecule has 8 nitrogen and oxygen atoms in total. The summed E-state index contributed by atoms with van der Waals surface area (Å²) in [6, 6.07) is 20.5. The predicted molar refractivity (Wildman–Crippen MR) is 137 cm³/mol. The lowest BCUT2D eigenvalue weighted by Gasteiger charge is -2.35. The number of nitrogens with zero attached hydrogens (tertiary/aromatic N) is 5. The van der Waals surface area contributed by atoms with Crippen LogP contribution in [0.1, 0.15) is 26.2 Å². The number of aromatic nitrogens is 2. The van der Waals surface area contributed by atoms with E-state index in [9.17, 15) is 8.42 Å². The molecule has 3 heterocycles. The SMILES string of the molecule is CC1CCCCN1c1ccc(N2CCN(S(=O)(=O)c3ccc(Oc4ccccc4)cc3)CC2)nn1. The fourth-order valence-corrected chi connectivity index (χ4v) is 6.11. The van der Waals surface area contributed by atoms with E-state index in [1.165, 1.54) is 23.6 Å². The maximum atomic E-state index is 13.2. The number of anilines is 2. The molecule has 1 atom stereocenters. The summed E-state index contributed by atoms with van der Waals surface area (Å²) in [5, 5.41) is 8.93. The van der Waals surface area contributed by atoms with Gasteiger partial charge in [0.25, 0.3) is 0 Å². The van der Waals surface area contributed by atoms with Gasteiger partial charge in [0.2, 0.25) is 10.0 Å². The summed E-state index contributed by atoms with van der Waals surface area (Å²) in [5.41, 5.74) is 0. The van der Waals surface area contributed by atoms with Crippen LogP contribution >= 0.6 is 0 Å². The Kier molecular flexibility index (Phi) is 6.88. The van der Waals surface area contributed by atoms with Crippen molar-refractivity contribution in [3.05, 3.63) is 66.7 Å². The topological polar surface area (TPSA) is 78.9 Å². The van der Waals surface area contributed by atoms with Crippen molar-refractivity contribution in [2.45, 2.75) is 37.1 Å². The van der Waals surface area contributed by atoms with E-state index < -0.39 is 10.0 Å². The van der Waals surface area contributed by atoms with Gasteiger partial charge in [-0.15, -0.1) is 10.2 Å². The maximum Gasteiger partial charge on any atom is 0.243 e. The van der Waals surface area contributed by atoms with Crippen LogP contribution in [0.5, 0.6) is 11.5 Å². The van der Waals surface area contributed by atoms with Crippen LogP contribution in [0.4, 0.5) is 11.6 Å². The van der Waals surface area contributed by atoms with Crippen LogP contribution in [0.25, 0.3) is 0 Å². The van der Waals surface area contributed by atoms with Gasteiger partial charge in [0, 0.05) is 38.8 Å². The second-order valence-electron chi connectivity index (χ2n) is 9.07. The Morgan fingerprint density at radius 1 is 0.771 bits per heavy atom. The van der Waals surface area contributed by atoms with Gasteiger partial charge in [-0.2, -0.15) is 4.31 Å². The molecule has 2 aliphatic rings. The number of para-hydroxylation sites is 1. The van der Waals surface area contributed by atoms with Crippen LogP contribution in [-0.2, 0) is 10.0 Å². The fourth-order valence-electron chi connectivity index (χ4n) is 4.69. The van der Waals surface area contributed by atoms with E-state index in [1.54, 1.807) is 24.3 Å². The van der Waals surface area contributed by atoms with Crippen LogP contribution in [0, 0.1) is 0 Å². The summed E-state index contributed by atoms with van der Waals surface area (Å²) in [5.74, 6) is 3.02. The van der Waals surface area contributed by atoms with Crippen LogP contribution in [0.2, 0.25) is 0 Å². The largest absolute Gasteiger partial charge is 0.457 e. The third kappa shape index (κ3) is 5.26. The van der Waals surface area contributed by atoms with Crippen LogP contribution in [-0.4, -0.2) is 61.7 Å². The molecule has 0 saturated carbocycles. The number of sulfonamides is 1. The molecule has 0 aliphatic carbocycles. The lowest BCUT2D eigenvalue weighted by atomic mass is 10.0. The molecule has 5 rings (SSSR count). The molecule has 1 aromatic heterocycles. The van der Waals surface area contributed by atoms with Crippen molar-refractivity contribution in [2.24, 2.45) is 0 Å². The van der Waals surface area contributed by atoms with Gasteiger partial charge in [0.1, 0.15) is 11.5 Å². The Morgan fingerprint density at radius 3 is 2.09 bits per heavy atom. The molecule has 2 aromatic carbocycles. The van der Waals surface area contributed by atoms with Gasteiger partial charge < -0.3 is 14.5 Å². The minimum absolute atomic E-state index is 0.270. The highest BCUT2D eigenvalue weighted by Gasteiger charge is 2.29. The molecule has 35 heavy (non-hydrogen) atoms. The minimum Gasteiger partial charge on any atom is -0.457 e. The van der Waals surface area contributed by atoms with Crippen molar-refractivity contribution in [1.29, 1.82) is 0 Å². The number of hydrogen-bond donors (Lipinski definition) is 0. The maximum absolute atomic E-state index is 13.2. The summed E-state index contributed by atoms with van der Waals surface area (Å²) >= 11 is 0. The zero-order chi connectivity index (χ0) is 24.3. The number of ether oxygens (including phenoxy) is 1. The van der Waals surface area contributed by atoms with E-state index in [-0.39, 0.29) is 4.90 Å². The molecule has 3 aromatic rings. The zero-order valence-corrected chi connectivity index (χ0v) is 20.8. The molecule has 1 unspecified atom stereocenters. The van der Waals surface area contributed by atoms with Crippen molar-refractivity contribution < 1.29 is 13.2 Å². The number of hydrogen-bond acceptors (Lipinski definition) is 7. The first-order valence-corrected chi connectivity index (χ1v) is 13.6. The van der Waals surface area contributed by atoms with Crippen molar-refractivity contribution >= 4 is 21.7 Å². The molecule has 2 saturated heterocycles. The van der Waals surface area contributed by atoms with Gasteiger partial charge in [0.15, 0.2) is 11.6 Å². The first kappa shape index (κ1) is 23.6.